The number of aromatic nitrogens is 1. The Morgan fingerprint density at radius 1 is 1.18 bits per heavy atom. The summed E-state index contributed by atoms with van der Waals surface area (Å²) in [7, 11) is 1.66. The summed E-state index contributed by atoms with van der Waals surface area (Å²) in [4.78, 5) is 4.19. The molecule has 0 aliphatic carbocycles. The zero-order valence-electron chi connectivity index (χ0n) is 10.1. The van der Waals surface area contributed by atoms with E-state index in [1.165, 1.54) is 0 Å². The SMILES string of the molecule is COc1ccc(-c2ccnc(C)c2)cc1CN. The van der Waals surface area contributed by atoms with Gasteiger partial charge in [0.1, 0.15) is 5.75 Å². The van der Waals surface area contributed by atoms with Gasteiger partial charge in [-0.05, 0) is 42.3 Å². The smallest absolute Gasteiger partial charge is 0.123 e. The van der Waals surface area contributed by atoms with Crippen LogP contribution in [0.15, 0.2) is 36.5 Å². The lowest BCUT2D eigenvalue weighted by molar-refractivity contribution is 0.410. The maximum absolute atomic E-state index is 5.71. The Morgan fingerprint density at radius 3 is 2.59 bits per heavy atom. The summed E-state index contributed by atoms with van der Waals surface area (Å²) in [6, 6.07) is 10.1. The normalized spacial score (nSPS) is 10.3. The van der Waals surface area contributed by atoms with E-state index in [1.807, 2.05) is 31.3 Å². The highest BCUT2D eigenvalue weighted by Crippen LogP contribution is 2.26. The van der Waals surface area contributed by atoms with E-state index < -0.39 is 0 Å². The second-order valence-corrected chi connectivity index (χ2v) is 3.92. The summed E-state index contributed by atoms with van der Waals surface area (Å²) in [6.07, 6.45) is 1.82. The molecule has 0 saturated heterocycles. The van der Waals surface area contributed by atoms with Crippen molar-refractivity contribution in [3.8, 4) is 16.9 Å². The molecule has 0 atom stereocenters. The number of benzene rings is 1. The van der Waals surface area contributed by atoms with E-state index in [9.17, 15) is 0 Å². The molecule has 0 radical (unpaired) electrons. The van der Waals surface area contributed by atoms with Gasteiger partial charge >= 0.3 is 0 Å². The van der Waals surface area contributed by atoms with Crippen molar-refractivity contribution in [1.82, 2.24) is 4.98 Å². The molecule has 0 unspecified atom stereocenters. The van der Waals surface area contributed by atoms with Crippen molar-refractivity contribution in [2.75, 3.05) is 7.11 Å². The van der Waals surface area contributed by atoms with Crippen molar-refractivity contribution in [2.45, 2.75) is 13.5 Å². The Morgan fingerprint density at radius 2 is 1.94 bits per heavy atom. The van der Waals surface area contributed by atoms with Gasteiger partial charge in [0.2, 0.25) is 0 Å². The van der Waals surface area contributed by atoms with Crippen LogP contribution in [0.3, 0.4) is 0 Å². The quantitative estimate of drug-likeness (QED) is 0.878. The average Bonchev–Trinajstić information content (AvgIpc) is 2.38. The highest BCUT2D eigenvalue weighted by atomic mass is 16.5. The third kappa shape index (κ3) is 2.45. The minimum Gasteiger partial charge on any atom is -0.496 e. The topological polar surface area (TPSA) is 48.1 Å². The molecule has 17 heavy (non-hydrogen) atoms. The van der Waals surface area contributed by atoms with Gasteiger partial charge in [0.25, 0.3) is 0 Å². The number of pyridine rings is 1. The van der Waals surface area contributed by atoms with Crippen LogP contribution in [-0.4, -0.2) is 12.1 Å². The second kappa shape index (κ2) is 4.97. The van der Waals surface area contributed by atoms with Crippen molar-refractivity contribution in [3.05, 3.63) is 47.8 Å². The van der Waals surface area contributed by atoms with E-state index in [0.29, 0.717) is 6.54 Å². The van der Waals surface area contributed by atoms with Crippen LogP contribution < -0.4 is 10.5 Å². The van der Waals surface area contributed by atoms with Gasteiger partial charge in [-0.25, -0.2) is 0 Å². The van der Waals surface area contributed by atoms with Crippen molar-refractivity contribution in [3.63, 3.8) is 0 Å². The molecule has 0 bridgehead atoms. The predicted molar refractivity (Wildman–Crippen MR) is 68.9 cm³/mol. The van der Waals surface area contributed by atoms with E-state index >= 15 is 0 Å². The molecule has 1 aromatic carbocycles. The predicted octanol–water partition coefficient (Wildman–Crippen LogP) is 2.52. The van der Waals surface area contributed by atoms with E-state index in [2.05, 4.69) is 17.1 Å². The maximum atomic E-state index is 5.71. The fourth-order valence-electron chi connectivity index (χ4n) is 1.84. The molecule has 1 aromatic heterocycles. The van der Waals surface area contributed by atoms with Crippen LogP contribution in [0.4, 0.5) is 0 Å². The van der Waals surface area contributed by atoms with Gasteiger partial charge < -0.3 is 10.5 Å². The van der Waals surface area contributed by atoms with Gasteiger partial charge in [0.05, 0.1) is 7.11 Å². The molecule has 0 amide bonds. The number of hydrogen-bond acceptors (Lipinski definition) is 3. The first kappa shape index (κ1) is 11.6. The lowest BCUT2D eigenvalue weighted by atomic mass is 10.0. The van der Waals surface area contributed by atoms with Crippen LogP contribution in [0, 0.1) is 6.92 Å². The zero-order valence-corrected chi connectivity index (χ0v) is 10.1. The first-order chi connectivity index (χ1) is 8.24. The van der Waals surface area contributed by atoms with Crippen molar-refractivity contribution >= 4 is 0 Å². The molecule has 0 spiro atoms. The third-order valence-electron chi connectivity index (χ3n) is 2.73. The molecule has 3 nitrogen and oxygen atoms in total. The molecular weight excluding hydrogens is 212 g/mol. The van der Waals surface area contributed by atoms with Crippen molar-refractivity contribution < 1.29 is 4.74 Å². The fourth-order valence-corrected chi connectivity index (χ4v) is 1.84. The van der Waals surface area contributed by atoms with E-state index in [-0.39, 0.29) is 0 Å². The first-order valence-corrected chi connectivity index (χ1v) is 5.54. The van der Waals surface area contributed by atoms with Gasteiger partial charge in [-0.2, -0.15) is 0 Å². The van der Waals surface area contributed by atoms with Crippen molar-refractivity contribution in [1.29, 1.82) is 0 Å². The molecule has 2 N–H and O–H groups in total. The van der Waals surface area contributed by atoms with Crippen LogP contribution in [0.25, 0.3) is 11.1 Å². The van der Waals surface area contributed by atoms with E-state index in [1.54, 1.807) is 7.11 Å². The van der Waals surface area contributed by atoms with Gasteiger partial charge in [-0.15, -0.1) is 0 Å². The number of hydrogen-bond donors (Lipinski definition) is 1. The molecule has 0 saturated carbocycles. The van der Waals surface area contributed by atoms with E-state index in [0.717, 1.165) is 28.1 Å². The van der Waals surface area contributed by atoms with Gasteiger partial charge in [-0.3, -0.25) is 4.98 Å². The Balaban J connectivity index is 2.46. The Hall–Kier alpha value is -1.87. The largest absolute Gasteiger partial charge is 0.496 e. The monoisotopic (exact) mass is 228 g/mol. The fraction of sp³-hybridized carbons (Fsp3) is 0.214. The van der Waals surface area contributed by atoms with Crippen LogP contribution >= 0.6 is 0 Å². The number of ether oxygens (including phenoxy) is 1. The second-order valence-electron chi connectivity index (χ2n) is 3.92. The number of aryl methyl sites for hydroxylation is 1. The third-order valence-corrected chi connectivity index (χ3v) is 2.73. The molecule has 2 rings (SSSR count). The molecule has 1 heterocycles. The summed E-state index contributed by atoms with van der Waals surface area (Å²) in [5.41, 5.74) is 10.0. The number of rotatable bonds is 3. The minimum atomic E-state index is 0.473. The summed E-state index contributed by atoms with van der Waals surface area (Å²) in [5, 5.41) is 0. The molecule has 0 fully saturated rings. The summed E-state index contributed by atoms with van der Waals surface area (Å²) in [6.45, 7) is 2.46. The lowest BCUT2D eigenvalue weighted by Gasteiger charge is -2.09. The number of methoxy groups -OCH3 is 1. The molecule has 0 aliphatic rings. The molecule has 3 heteroatoms. The molecule has 0 aliphatic heterocycles. The maximum Gasteiger partial charge on any atom is 0.123 e. The van der Waals surface area contributed by atoms with Crippen molar-refractivity contribution in [2.24, 2.45) is 5.73 Å². The van der Waals surface area contributed by atoms with Crippen LogP contribution in [0.1, 0.15) is 11.3 Å². The van der Waals surface area contributed by atoms with Crippen LogP contribution in [0.2, 0.25) is 0 Å². The average molecular weight is 228 g/mol. The van der Waals surface area contributed by atoms with Gasteiger partial charge in [0, 0.05) is 24.0 Å². The zero-order chi connectivity index (χ0) is 12.3. The van der Waals surface area contributed by atoms with Gasteiger partial charge in [-0.1, -0.05) is 6.07 Å². The van der Waals surface area contributed by atoms with Crippen LogP contribution in [-0.2, 0) is 6.54 Å². The lowest BCUT2D eigenvalue weighted by Crippen LogP contribution is -2.00. The molecule has 2 aromatic rings. The number of nitrogens with zero attached hydrogens (tertiary/aromatic N) is 1. The molecule has 88 valence electrons. The summed E-state index contributed by atoms with van der Waals surface area (Å²) < 4.78 is 5.26. The van der Waals surface area contributed by atoms with Gasteiger partial charge in [0.15, 0.2) is 0 Å². The Kier molecular flexibility index (Phi) is 3.40. The standard InChI is InChI=1S/C14H16N2O/c1-10-7-12(5-6-16-10)11-3-4-14(17-2)13(8-11)9-15/h3-8H,9,15H2,1-2H3. The summed E-state index contributed by atoms with van der Waals surface area (Å²) in [5.74, 6) is 0.835. The number of nitrogens with two attached hydrogens (primary N) is 1. The van der Waals surface area contributed by atoms with E-state index in [4.69, 9.17) is 10.5 Å². The first-order valence-electron chi connectivity index (χ1n) is 5.54. The highest BCUT2D eigenvalue weighted by Gasteiger charge is 2.04. The highest BCUT2D eigenvalue weighted by molar-refractivity contribution is 5.65. The molecular formula is C14H16N2O. The Labute approximate surface area is 101 Å². The Bertz CT molecular complexity index is 523. The van der Waals surface area contributed by atoms with Crippen LogP contribution in [0.5, 0.6) is 5.75 Å². The summed E-state index contributed by atoms with van der Waals surface area (Å²) >= 11 is 0. The minimum absolute atomic E-state index is 0.473.